The molecular formula is C41H47N5O4. The fourth-order valence-electron chi connectivity index (χ4n) is 7.50. The monoisotopic (exact) mass is 673 g/mol. The molecule has 2 fully saturated rings. The van der Waals surface area contributed by atoms with Gasteiger partial charge in [-0.1, -0.05) is 79.7 Å². The van der Waals surface area contributed by atoms with Gasteiger partial charge in [0, 0.05) is 43.0 Å². The van der Waals surface area contributed by atoms with Gasteiger partial charge < -0.3 is 24.4 Å². The molecule has 1 spiro atoms. The van der Waals surface area contributed by atoms with Crippen LogP contribution < -0.4 is 14.8 Å². The number of nitrogens with zero attached hydrogens (tertiary/aromatic N) is 4. The van der Waals surface area contributed by atoms with Crippen LogP contribution in [0.25, 0.3) is 22.2 Å². The Labute approximate surface area is 294 Å². The summed E-state index contributed by atoms with van der Waals surface area (Å²) in [5, 5.41) is 9.96. The molecule has 1 N–H and O–H groups in total. The Morgan fingerprint density at radius 3 is 2.24 bits per heavy atom. The summed E-state index contributed by atoms with van der Waals surface area (Å²) in [6.45, 7) is 10.4. The van der Waals surface area contributed by atoms with Crippen LogP contribution in [0.1, 0.15) is 58.1 Å². The number of anilines is 1. The number of hydrogen-bond acceptors (Lipinski definition) is 7. The van der Waals surface area contributed by atoms with E-state index in [0.29, 0.717) is 36.9 Å². The third-order valence-corrected chi connectivity index (χ3v) is 9.88. The summed E-state index contributed by atoms with van der Waals surface area (Å²) in [5.74, 6) is 1.41. The molecule has 260 valence electrons. The van der Waals surface area contributed by atoms with E-state index in [-0.39, 0.29) is 11.5 Å². The summed E-state index contributed by atoms with van der Waals surface area (Å²) >= 11 is 0. The number of ether oxygens (including phenoxy) is 3. The van der Waals surface area contributed by atoms with Crippen LogP contribution in [0.3, 0.4) is 0 Å². The first-order chi connectivity index (χ1) is 24.1. The molecule has 9 heteroatoms. The summed E-state index contributed by atoms with van der Waals surface area (Å²) < 4.78 is 20.0. The van der Waals surface area contributed by atoms with Crippen molar-refractivity contribution in [2.24, 2.45) is 18.4 Å². The number of aromatic nitrogens is 3. The van der Waals surface area contributed by atoms with Gasteiger partial charge in [-0.15, -0.1) is 0 Å². The molecule has 1 saturated heterocycles. The molecule has 2 aliphatic rings. The lowest BCUT2D eigenvalue weighted by molar-refractivity contribution is -0.0580. The third-order valence-electron chi connectivity index (χ3n) is 9.88. The summed E-state index contributed by atoms with van der Waals surface area (Å²) in [4.78, 5) is 19.3. The van der Waals surface area contributed by atoms with E-state index >= 15 is 0 Å². The van der Waals surface area contributed by atoms with E-state index in [9.17, 15) is 4.79 Å². The summed E-state index contributed by atoms with van der Waals surface area (Å²) in [5.41, 5.74) is 5.54. The number of amides is 1. The highest BCUT2D eigenvalue weighted by Gasteiger charge is 2.50. The second-order valence-corrected chi connectivity index (χ2v) is 15.0. The molecule has 7 rings (SSSR count). The van der Waals surface area contributed by atoms with Crippen molar-refractivity contribution in [1.82, 2.24) is 19.7 Å². The van der Waals surface area contributed by atoms with Gasteiger partial charge in [-0.05, 0) is 69.2 Å². The van der Waals surface area contributed by atoms with Gasteiger partial charge in [0.1, 0.15) is 24.5 Å². The predicted octanol–water partition coefficient (Wildman–Crippen LogP) is 8.63. The SMILES string of the molecule is CC1CC2(CCC1Nc1cccc3c(-c4ccc(OCc5ccccc5)nc4OCc4ccccc4)nn(C)c13)CN(C(=O)OC(C)(C)C)C2. The van der Waals surface area contributed by atoms with Gasteiger partial charge in [0.25, 0.3) is 0 Å². The molecule has 2 aromatic heterocycles. The Kier molecular flexibility index (Phi) is 9.16. The first kappa shape index (κ1) is 33.4. The number of para-hydroxylation sites is 1. The topological polar surface area (TPSA) is 90.7 Å². The molecule has 5 aromatic rings. The van der Waals surface area contributed by atoms with Crippen LogP contribution in [0.15, 0.2) is 91.0 Å². The maximum absolute atomic E-state index is 12.6. The van der Waals surface area contributed by atoms with Crippen LogP contribution in [0.4, 0.5) is 10.5 Å². The van der Waals surface area contributed by atoms with E-state index in [1.54, 1.807) is 0 Å². The summed E-state index contributed by atoms with van der Waals surface area (Å²) in [6, 6.07) is 30.7. The van der Waals surface area contributed by atoms with E-state index < -0.39 is 5.60 Å². The lowest BCUT2D eigenvalue weighted by Crippen LogP contribution is -2.62. The number of aryl methyl sites for hydroxylation is 1. The summed E-state index contributed by atoms with van der Waals surface area (Å²) in [7, 11) is 1.99. The van der Waals surface area contributed by atoms with Crippen LogP contribution in [-0.4, -0.2) is 50.5 Å². The second-order valence-electron chi connectivity index (χ2n) is 15.0. The van der Waals surface area contributed by atoms with Gasteiger partial charge in [0.05, 0.1) is 16.8 Å². The Bertz CT molecular complexity index is 1950. The highest BCUT2D eigenvalue weighted by Crippen LogP contribution is 2.47. The van der Waals surface area contributed by atoms with Crippen molar-refractivity contribution in [3.8, 4) is 23.0 Å². The van der Waals surface area contributed by atoms with Gasteiger partial charge >= 0.3 is 6.09 Å². The number of likely N-dealkylation sites (tertiary alicyclic amines) is 1. The van der Waals surface area contributed by atoms with Gasteiger partial charge in [-0.2, -0.15) is 10.1 Å². The number of fused-ring (bicyclic) bond motifs is 1. The van der Waals surface area contributed by atoms with Crippen molar-refractivity contribution in [3.63, 3.8) is 0 Å². The van der Waals surface area contributed by atoms with E-state index in [1.165, 1.54) is 0 Å². The Morgan fingerprint density at radius 1 is 0.900 bits per heavy atom. The normalized spacial score (nSPS) is 18.5. The molecule has 0 bridgehead atoms. The zero-order chi connectivity index (χ0) is 34.9. The molecule has 2 unspecified atom stereocenters. The highest BCUT2D eigenvalue weighted by atomic mass is 16.6. The molecule has 2 atom stereocenters. The minimum atomic E-state index is -0.477. The fourth-order valence-corrected chi connectivity index (χ4v) is 7.50. The molecule has 1 amide bonds. The van der Waals surface area contributed by atoms with Crippen LogP contribution >= 0.6 is 0 Å². The minimum Gasteiger partial charge on any atom is -0.473 e. The average Bonchev–Trinajstić information content (AvgIpc) is 3.43. The molecule has 3 aromatic carbocycles. The van der Waals surface area contributed by atoms with Crippen molar-refractivity contribution in [2.75, 3.05) is 18.4 Å². The van der Waals surface area contributed by atoms with Gasteiger partial charge in [-0.3, -0.25) is 4.68 Å². The largest absolute Gasteiger partial charge is 0.473 e. The van der Waals surface area contributed by atoms with Crippen molar-refractivity contribution < 1.29 is 19.0 Å². The number of carbonyl (C=O) groups is 1. The van der Waals surface area contributed by atoms with Gasteiger partial charge in [0.15, 0.2) is 0 Å². The Balaban J connectivity index is 1.10. The number of carbonyl (C=O) groups excluding carboxylic acids is 1. The number of benzene rings is 3. The second kappa shape index (κ2) is 13.7. The van der Waals surface area contributed by atoms with Crippen LogP contribution in [0.2, 0.25) is 0 Å². The molecule has 0 radical (unpaired) electrons. The number of hydrogen-bond donors (Lipinski definition) is 1. The third kappa shape index (κ3) is 7.27. The first-order valence-electron chi connectivity index (χ1n) is 17.6. The molecule has 9 nitrogen and oxygen atoms in total. The van der Waals surface area contributed by atoms with Gasteiger partial charge in [-0.25, -0.2) is 4.79 Å². The van der Waals surface area contributed by atoms with Crippen molar-refractivity contribution in [1.29, 1.82) is 0 Å². The molecule has 1 saturated carbocycles. The highest BCUT2D eigenvalue weighted by molar-refractivity contribution is 6.00. The van der Waals surface area contributed by atoms with E-state index in [2.05, 4.69) is 30.4 Å². The Morgan fingerprint density at radius 2 is 1.58 bits per heavy atom. The molecule has 50 heavy (non-hydrogen) atoms. The Hall–Kier alpha value is -5.05. The lowest BCUT2D eigenvalue weighted by atomic mass is 9.64. The summed E-state index contributed by atoms with van der Waals surface area (Å²) in [6.07, 6.45) is 2.99. The standard InChI is InChI=1S/C41H47N5O4/c1-28-23-41(26-46(27-41)39(47)50-40(2,3)4)22-21-33(28)42-34-18-12-17-31-36(44-45(5)37(31)34)32-19-20-35(48-24-29-13-8-6-9-14-29)43-38(32)49-25-30-15-10-7-11-16-30/h6-20,28,33,42H,21-27H2,1-5H3. The van der Waals surface area contributed by atoms with Crippen molar-refractivity contribution >= 4 is 22.7 Å². The predicted molar refractivity (Wildman–Crippen MR) is 196 cm³/mol. The number of rotatable bonds is 9. The average molecular weight is 674 g/mol. The number of pyridine rings is 1. The van der Waals surface area contributed by atoms with Crippen LogP contribution in [-0.2, 0) is 25.0 Å². The smallest absolute Gasteiger partial charge is 0.410 e. The zero-order valence-corrected chi connectivity index (χ0v) is 29.7. The zero-order valence-electron chi connectivity index (χ0n) is 29.7. The maximum atomic E-state index is 12.6. The number of nitrogens with one attached hydrogen (secondary N) is 1. The van der Waals surface area contributed by atoms with Crippen LogP contribution in [0.5, 0.6) is 11.8 Å². The van der Waals surface area contributed by atoms with Crippen LogP contribution in [0, 0.1) is 11.3 Å². The molecule has 1 aliphatic carbocycles. The molecule has 3 heterocycles. The van der Waals surface area contributed by atoms with Crippen molar-refractivity contribution in [3.05, 3.63) is 102 Å². The molecule has 1 aliphatic heterocycles. The maximum Gasteiger partial charge on any atom is 0.410 e. The quantitative estimate of drug-likeness (QED) is 0.168. The van der Waals surface area contributed by atoms with Gasteiger partial charge in [0.2, 0.25) is 11.8 Å². The fraction of sp³-hybridized carbons (Fsp3) is 0.390. The van der Waals surface area contributed by atoms with E-state index in [1.807, 2.05) is 110 Å². The van der Waals surface area contributed by atoms with E-state index in [0.717, 1.165) is 71.3 Å². The van der Waals surface area contributed by atoms with E-state index in [4.69, 9.17) is 24.3 Å². The minimum absolute atomic E-state index is 0.181. The molecular weight excluding hydrogens is 626 g/mol. The lowest BCUT2D eigenvalue weighted by Gasteiger charge is -2.55. The van der Waals surface area contributed by atoms with Crippen molar-refractivity contribution in [2.45, 2.75) is 71.8 Å². The first-order valence-corrected chi connectivity index (χ1v) is 17.6.